The Balaban J connectivity index is 1.44. The summed E-state index contributed by atoms with van der Waals surface area (Å²) in [5, 5.41) is 5.51. The number of hydrogen-bond donors (Lipinski definition) is 1. The van der Waals surface area contributed by atoms with Crippen molar-refractivity contribution in [3.05, 3.63) is 58.3 Å². The maximum atomic E-state index is 15.7. The summed E-state index contributed by atoms with van der Waals surface area (Å²) in [6, 6.07) is 7.99. The number of hydrogen-bond acceptors (Lipinski definition) is 8. The van der Waals surface area contributed by atoms with Crippen LogP contribution in [0, 0.1) is 5.82 Å². The van der Waals surface area contributed by atoms with Gasteiger partial charge in [-0.1, -0.05) is 30.9 Å². The Morgan fingerprint density at radius 3 is 2.59 bits per heavy atom. The Kier molecular flexibility index (Phi) is 9.58. The maximum Gasteiger partial charge on any atom is 0.269 e. The number of sulfonamides is 1. The highest BCUT2D eigenvalue weighted by molar-refractivity contribution is 7.93. The van der Waals surface area contributed by atoms with Crippen molar-refractivity contribution < 1.29 is 22.3 Å². The summed E-state index contributed by atoms with van der Waals surface area (Å²) < 4.78 is 55.6. The van der Waals surface area contributed by atoms with Crippen LogP contribution in [0.2, 0.25) is 5.02 Å². The number of nitrogens with one attached hydrogen (secondary N) is 1. The molecule has 2 fully saturated rings. The van der Waals surface area contributed by atoms with Crippen molar-refractivity contribution in [2.24, 2.45) is 0 Å². The van der Waals surface area contributed by atoms with Gasteiger partial charge in [-0.25, -0.2) is 22.1 Å². The van der Waals surface area contributed by atoms with Gasteiger partial charge in [0, 0.05) is 35.3 Å². The highest BCUT2D eigenvalue weighted by atomic mass is 35.5. The third kappa shape index (κ3) is 6.58. The average Bonchev–Trinajstić information content (AvgIpc) is 3.52. The first-order valence-corrected chi connectivity index (χ1v) is 16.6. The number of ether oxygens (including phenoxy) is 2. The van der Waals surface area contributed by atoms with Gasteiger partial charge in [0.1, 0.15) is 22.2 Å². The second-order valence-corrected chi connectivity index (χ2v) is 13.6. The molecular formula is C29H36ClFN4O4S2. The van der Waals surface area contributed by atoms with E-state index in [0.29, 0.717) is 28.8 Å². The number of nitrogens with zero attached hydrogens (tertiary/aromatic N) is 3. The van der Waals surface area contributed by atoms with Crippen LogP contribution < -0.4 is 19.1 Å². The summed E-state index contributed by atoms with van der Waals surface area (Å²) in [6.07, 6.45) is 9.47. The van der Waals surface area contributed by atoms with Crippen molar-refractivity contribution in [1.82, 2.24) is 9.88 Å². The SMILES string of the molecule is COc1ccc(CN(c2nccs2)S(=O)(=O)c2cc(Cl)c(N[C@H]3CCCC[C@@H]3N3CCCCC3)cc2F)c(OC)c1. The number of piperidine rings is 1. The van der Waals surface area contributed by atoms with Gasteiger partial charge in [0.25, 0.3) is 10.0 Å². The van der Waals surface area contributed by atoms with E-state index in [0.717, 1.165) is 48.0 Å². The molecule has 1 aromatic heterocycles. The number of aromatic nitrogens is 1. The molecule has 222 valence electrons. The fourth-order valence-electron chi connectivity index (χ4n) is 5.85. The normalized spacial score (nSPS) is 20.0. The molecule has 12 heteroatoms. The first kappa shape index (κ1) is 29.9. The largest absolute Gasteiger partial charge is 0.497 e. The number of halogens is 2. The van der Waals surface area contributed by atoms with Crippen molar-refractivity contribution >= 4 is 43.8 Å². The lowest BCUT2D eigenvalue weighted by molar-refractivity contribution is 0.121. The van der Waals surface area contributed by atoms with E-state index < -0.39 is 20.7 Å². The fraction of sp³-hybridized carbons (Fsp3) is 0.483. The van der Waals surface area contributed by atoms with Crippen LogP contribution in [0.4, 0.5) is 15.2 Å². The Morgan fingerprint density at radius 1 is 1.10 bits per heavy atom. The predicted molar refractivity (Wildman–Crippen MR) is 162 cm³/mol. The molecule has 3 aromatic rings. The van der Waals surface area contributed by atoms with Crippen LogP contribution in [0.25, 0.3) is 0 Å². The number of benzene rings is 2. The number of thiazole rings is 1. The monoisotopic (exact) mass is 622 g/mol. The molecule has 1 N–H and O–H groups in total. The molecule has 1 saturated carbocycles. The lowest BCUT2D eigenvalue weighted by atomic mass is 9.88. The number of methoxy groups -OCH3 is 2. The van der Waals surface area contributed by atoms with Crippen molar-refractivity contribution in [3.63, 3.8) is 0 Å². The van der Waals surface area contributed by atoms with Crippen molar-refractivity contribution in [2.75, 3.05) is 36.9 Å². The molecule has 2 aliphatic rings. The van der Waals surface area contributed by atoms with E-state index in [9.17, 15) is 8.42 Å². The van der Waals surface area contributed by atoms with E-state index in [2.05, 4.69) is 15.2 Å². The van der Waals surface area contributed by atoms with Crippen LogP contribution in [-0.4, -0.2) is 57.7 Å². The van der Waals surface area contributed by atoms with E-state index >= 15 is 4.39 Å². The van der Waals surface area contributed by atoms with E-state index in [4.69, 9.17) is 21.1 Å². The molecule has 0 amide bonds. The zero-order valence-corrected chi connectivity index (χ0v) is 25.7. The molecular weight excluding hydrogens is 587 g/mol. The summed E-state index contributed by atoms with van der Waals surface area (Å²) in [4.78, 5) is 6.26. The molecule has 1 saturated heterocycles. The molecule has 0 bridgehead atoms. The Labute approximate surface area is 250 Å². The zero-order chi connectivity index (χ0) is 29.0. The number of likely N-dealkylation sites (tertiary alicyclic amines) is 1. The van der Waals surface area contributed by atoms with Gasteiger partial charge in [0.05, 0.1) is 31.5 Å². The molecule has 1 aliphatic carbocycles. The zero-order valence-electron chi connectivity index (χ0n) is 23.3. The molecule has 2 atom stereocenters. The second-order valence-electron chi connectivity index (χ2n) is 10.5. The summed E-state index contributed by atoms with van der Waals surface area (Å²) in [5.41, 5.74) is 0.979. The molecule has 41 heavy (non-hydrogen) atoms. The third-order valence-corrected chi connectivity index (χ3v) is 10.9. The third-order valence-electron chi connectivity index (χ3n) is 7.96. The van der Waals surface area contributed by atoms with Crippen molar-refractivity contribution in [2.45, 2.75) is 68.5 Å². The minimum absolute atomic E-state index is 0.121. The fourth-order valence-corrected chi connectivity index (χ4v) is 8.48. The maximum absolute atomic E-state index is 15.7. The number of anilines is 2. The van der Waals surface area contributed by atoms with E-state index in [1.54, 1.807) is 23.6 Å². The molecule has 2 aromatic carbocycles. The van der Waals surface area contributed by atoms with Crippen molar-refractivity contribution in [3.8, 4) is 11.5 Å². The molecule has 0 radical (unpaired) electrons. The van der Waals surface area contributed by atoms with E-state index in [-0.39, 0.29) is 22.7 Å². The first-order chi connectivity index (χ1) is 19.8. The Bertz CT molecular complexity index is 1430. The number of rotatable bonds is 10. The summed E-state index contributed by atoms with van der Waals surface area (Å²) in [6.45, 7) is 2.03. The van der Waals surface area contributed by atoms with Crippen LogP contribution >= 0.6 is 22.9 Å². The highest BCUT2D eigenvalue weighted by Gasteiger charge is 2.34. The summed E-state index contributed by atoms with van der Waals surface area (Å²) in [7, 11) is -1.37. The van der Waals surface area contributed by atoms with Gasteiger partial charge in [-0.3, -0.25) is 4.90 Å². The molecule has 0 spiro atoms. The predicted octanol–water partition coefficient (Wildman–Crippen LogP) is 6.56. The van der Waals surface area contributed by atoms with Gasteiger partial charge in [0.2, 0.25) is 0 Å². The van der Waals surface area contributed by atoms with Crippen LogP contribution in [-0.2, 0) is 16.6 Å². The standard InChI is InChI=1S/C29H36ClFN4O4S2/c1-38-21-11-10-20(27(16-21)39-2)19-35(29-32-12-15-40-29)41(36,37)28-17-22(30)25(18-23(28)31)33-24-8-4-5-9-26(24)34-13-6-3-7-14-34/h10-12,15-18,24,26,33H,3-9,13-14,19H2,1-2H3/t24-,26-/m0/s1. The molecule has 2 heterocycles. The van der Waals surface area contributed by atoms with Gasteiger partial charge in [-0.15, -0.1) is 11.3 Å². The smallest absolute Gasteiger partial charge is 0.269 e. The Morgan fingerprint density at radius 2 is 1.88 bits per heavy atom. The van der Waals surface area contributed by atoms with Crippen LogP contribution in [0.1, 0.15) is 50.5 Å². The van der Waals surface area contributed by atoms with Gasteiger partial charge in [-0.2, -0.15) is 0 Å². The van der Waals surface area contributed by atoms with Crippen LogP contribution in [0.15, 0.2) is 46.8 Å². The van der Waals surface area contributed by atoms with Crippen molar-refractivity contribution in [1.29, 1.82) is 0 Å². The minimum Gasteiger partial charge on any atom is -0.497 e. The van der Waals surface area contributed by atoms with Gasteiger partial charge in [0.15, 0.2) is 5.13 Å². The lowest BCUT2D eigenvalue weighted by Crippen LogP contribution is -2.50. The molecule has 5 rings (SSSR count). The average molecular weight is 623 g/mol. The highest BCUT2D eigenvalue weighted by Crippen LogP contribution is 2.37. The van der Waals surface area contributed by atoms with E-state index in [1.165, 1.54) is 58.2 Å². The molecule has 8 nitrogen and oxygen atoms in total. The minimum atomic E-state index is -4.39. The Hall–Kier alpha value is -2.60. The molecule has 1 aliphatic heterocycles. The van der Waals surface area contributed by atoms with Gasteiger partial charge < -0.3 is 14.8 Å². The summed E-state index contributed by atoms with van der Waals surface area (Å²) >= 11 is 7.80. The van der Waals surface area contributed by atoms with Gasteiger partial charge in [-0.05, 0) is 63.0 Å². The summed E-state index contributed by atoms with van der Waals surface area (Å²) in [5.74, 6) is 0.135. The lowest BCUT2D eigenvalue weighted by Gasteiger charge is -2.42. The molecule has 0 unspecified atom stereocenters. The topological polar surface area (TPSA) is 84.0 Å². The van der Waals surface area contributed by atoms with Crippen LogP contribution in [0.5, 0.6) is 11.5 Å². The quantitative estimate of drug-likeness (QED) is 0.274. The van der Waals surface area contributed by atoms with Crippen LogP contribution in [0.3, 0.4) is 0 Å². The van der Waals surface area contributed by atoms with Gasteiger partial charge >= 0.3 is 0 Å². The second kappa shape index (κ2) is 13.1. The van der Waals surface area contributed by atoms with E-state index in [1.807, 2.05) is 0 Å². The first-order valence-electron chi connectivity index (χ1n) is 13.9.